The Morgan fingerprint density at radius 3 is 2.00 bits per heavy atom. The number of para-hydroxylation sites is 4. The van der Waals surface area contributed by atoms with E-state index in [1.807, 2.05) is 18.2 Å². The topological polar surface area (TPSA) is 33.5 Å². The molecular weight excluding hydrogens is 959 g/mol. The third-order valence-corrected chi connectivity index (χ3v) is 12.4. The minimum atomic E-state index is 0. The fourth-order valence-electron chi connectivity index (χ4n) is 8.12. The van der Waals surface area contributed by atoms with Crippen molar-refractivity contribution in [2.45, 2.75) is 6.92 Å². The number of anilines is 4. The first kappa shape index (κ1) is 36.2. The zero-order valence-corrected chi connectivity index (χ0v) is 35.2. The van der Waals surface area contributed by atoms with Gasteiger partial charge in [-0.1, -0.05) is 91.0 Å². The summed E-state index contributed by atoms with van der Waals surface area (Å²) in [5.74, 6) is 2.12. The average Bonchev–Trinajstić information content (AvgIpc) is 3.99. The van der Waals surface area contributed by atoms with Gasteiger partial charge in [0.25, 0.3) is 0 Å². The fraction of sp³-hybridized carbons (Fsp3) is 0.0196. The third-order valence-electron chi connectivity index (χ3n) is 10.7. The molecule has 7 heteroatoms. The molecule has 0 spiro atoms. The molecule has 0 bridgehead atoms. The van der Waals surface area contributed by atoms with Crippen LogP contribution in [0, 0.1) is 25.7 Å². The van der Waals surface area contributed by atoms with Crippen molar-refractivity contribution in [3.8, 4) is 39.6 Å². The number of aromatic nitrogens is 2. The summed E-state index contributed by atoms with van der Waals surface area (Å²) in [6, 6.07) is 66.6. The van der Waals surface area contributed by atoms with Crippen LogP contribution in [0.15, 0.2) is 175 Å². The van der Waals surface area contributed by atoms with Gasteiger partial charge in [0.2, 0.25) is 0 Å². The Labute approximate surface area is 357 Å². The Balaban J connectivity index is 0.00000408. The molecule has 0 saturated heterocycles. The van der Waals surface area contributed by atoms with Crippen LogP contribution in [0.25, 0.3) is 59.7 Å². The second kappa shape index (κ2) is 15.0. The van der Waals surface area contributed by atoms with E-state index in [0.717, 1.165) is 72.6 Å². The molecule has 0 N–H and O–H groups in total. The average molecular weight is 992 g/mol. The maximum absolute atomic E-state index is 6.62. The van der Waals surface area contributed by atoms with Crippen molar-refractivity contribution in [2.75, 3.05) is 9.80 Å². The number of aryl methyl sites for hydroxylation is 1. The Hall–Kier alpha value is -6.16. The molecule has 282 valence electrons. The van der Waals surface area contributed by atoms with Gasteiger partial charge in [0.15, 0.2) is 0 Å². The van der Waals surface area contributed by atoms with Crippen molar-refractivity contribution in [3.63, 3.8) is 0 Å². The van der Waals surface area contributed by atoms with E-state index < -0.39 is 0 Å². The quantitative estimate of drug-likeness (QED) is 0.118. The number of hydrogen-bond donors (Lipinski definition) is 0. The minimum Gasteiger partial charge on any atom is 0 e. The molecule has 10 aromatic rings. The Morgan fingerprint density at radius 2 is 1.24 bits per heavy atom. The van der Waals surface area contributed by atoms with Crippen LogP contribution < -0.4 is 14.5 Å². The van der Waals surface area contributed by atoms with Crippen molar-refractivity contribution >= 4 is 68.8 Å². The Kier molecular flexibility index (Phi) is 9.34. The van der Waals surface area contributed by atoms with E-state index in [0.29, 0.717) is 11.5 Å². The normalized spacial score (nSPS) is 12.3. The summed E-state index contributed by atoms with van der Waals surface area (Å²) in [6.07, 6.45) is 0. The number of fused-ring (bicyclic) bond motifs is 5. The fourth-order valence-corrected chi connectivity index (χ4v) is 9.88. The van der Waals surface area contributed by atoms with Crippen LogP contribution >= 0.6 is 0 Å². The first-order valence-electron chi connectivity index (χ1n) is 19.0. The summed E-state index contributed by atoms with van der Waals surface area (Å²) in [6.45, 7) is 4.35. The number of benzene rings is 7. The van der Waals surface area contributed by atoms with E-state index in [-0.39, 0.29) is 35.6 Å². The molecule has 0 unspecified atom stereocenters. The predicted octanol–water partition coefficient (Wildman–Crippen LogP) is 12.8. The molecule has 0 aliphatic carbocycles. The van der Waals surface area contributed by atoms with E-state index in [1.165, 1.54) is 15.3 Å². The second-order valence-corrected chi connectivity index (χ2v) is 16.0. The van der Waals surface area contributed by atoms with Crippen LogP contribution in [0.4, 0.5) is 22.7 Å². The number of pyridine rings is 1. The summed E-state index contributed by atoms with van der Waals surface area (Å²) in [5, 5.41) is 3.51. The largest absolute Gasteiger partial charge is 0 e. The first-order chi connectivity index (χ1) is 28.2. The Morgan fingerprint density at radius 1 is 0.586 bits per heavy atom. The molecule has 58 heavy (non-hydrogen) atoms. The molecule has 0 fully saturated rings. The maximum Gasteiger partial charge on any atom is 0 e. The van der Waals surface area contributed by atoms with Gasteiger partial charge in [0.1, 0.15) is 0 Å². The molecule has 11 rings (SSSR count). The molecule has 0 amide bonds. The molecular formula is C51H33N4OPtSe-3. The van der Waals surface area contributed by atoms with Crippen molar-refractivity contribution in [2.24, 2.45) is 0 Å². The van der Waals surface area contributed by atoms with Crippen LogP contribution in [-0.2, 0) is 21.1 Å². The molecule has 1 aliphatic rings. The van der Waals surface area contributed by atoms with Crippen molar-refractivity contribution in [1.82, 2.24) is 9.55 Å². The number of rotatable bonds is 7. The van der Waals surface area contributed by atoms with E-state index in [1.54, 1.807) is 0 Å². The molecule has 0 radical (unpaired) electrons. The van der Waals surface area contributed by atoms with Gasteiger partial charge in [-0.05, 0) is 23.3 Å². The molecule has 0 saturated carbocycles. The van der Waals surface area contributed by atoms with Gasteiger partial charge < -0.3 is 4.90 Å². The monoisotopic (exact) mass is 992 g/mol. The second-order valence-electron chi connectivity index (χ2n) is 14.2. The summed E-state index contributed by atoms with van der Waals surface area (Å²) >= 11 is 0.230. The first-order valence-corrected chi connectivity index (χ1v) is 20.8. The predicted molar refractivity (Wildman–Crippen MR) is 234 cm³/mol. The summed E-state index contributed by atoms with van der Waals surface area (Å²) < 4.78 is 10.0. The standard InChI is InChI=1S/C51H33N4OSe.Pt/c1-34-30-49(52-51-40(34)28-29-57-51)55-45-23-9-8-20-43(45)44-27-26-39(32-48(44)55)56-38-19-12-18-37(31-38)53-33-54(47-25-11-10-24-46(47)53)50-41(35-14-4-2-5-15-35)21-13-22-42(50)36-16-6-3-7-17-36;/h2-30,33H,1H3;/q-3;. The SMILES string of the molecule is Cc1cc(-n2c3[c-]c(Oc4[c-]c(N5[CH-]N(c6c(-c7ccccc7)cccc6-c6ccccc6)c6ccccc65)ccc4)ccc3c3ccccc32)nc2[se]ccc12.[Pt]. The van der Waals surface area contributed by atoms with Gasteiger partial charge in [0, 0.05) is 49.3 Å². The zero-order chi connectivity index (χ0) is 37.9. The zero-order valence-electron chi connectivity index (χ0n) is 31.2. The number of ether oxygens (including phenoxy) is 1. The van der Waals surface area contributed by atoms with Crippen molar-refractivity contribution < 1.29 is 25.8 Å². The van der Waals surface area contributed by atoms with Gasteiger partial charge >= 0.3 is 185 Å². The summed E-state index contributed by atoms with van der Waals surface area (Å²) in [4.78, 5) is 11.9. The van der Waals surface area contributed by atoms with E-state index in [4.69, 9.17) is 9.72 Å². The van der Waals surface area contributed by atoms with Crippen LogP contribution in [0.1, 0.15) is 5.56 Å². The minimum absolute atomic E-state index is 0. The van der Waals surface area contributed by atoms with Crippen LogP contribution in [0.3, 0.4) is 0 Å². The third kappa shape index (κ3) is 6.17. The molecule has 1 aliphatic heterocycles. The maximum atomic E-state index is 6.62. The van der Waals surface area contributed by atoms with Crippen LogP contribution in [0.2, 0.25) is 0 Å². The van der Waals surface area contributed by atoms with E-state index >= 15 is 0 Å². The molecule has 3 aromatic heterocycles. The van der Waals surface area contributed by atoms with Gasteiger partial charge in [-0.2, -0.15) is 0 Å². The van der Waals surface area contributed by atoms with Crippen LogP contribution in [-0.4, -0.2) is 24.1 Å². The summed E-state index contributed by atoms with van der Waals surface area (Å²) in [7, 11) is 0. The number of hydrogen-bond acceptors (Lipinski definition) is 4. The molecule has 0 atom stereocenters. The van der Waals surface area contributed by atoms with Crippen molar-refractivity contribution in [1.29, 1.82) is 0 Å². The van der Waals surface area contributed by atoms with Crippen molar-refractivity contribution in [3.05, 3.63) is 199 Å². The molecule has 7 aromatic carbocycles. The number of nitrogens with zero attached hydrogens (tertiary/aromatic N) is 4. The van der Waals surface area contributed by atoms with Crippen LogP contribution in [0.5, 0.6) is 11.5 Å². The Bertz CT molecular complexity index is 3060. The van der Waals surface area contributed by atoms with Gasteiger partial charge in [-0.3, -0.25) is 0 Å². The van der Waals surface area contributed by atoms with E-state index in [2.05, 4.69) is 197 Å². The van der Waals surface area contributed by atoms with Gasteiger partial charge in [-0.15, -0.1) is 6.67 Å². The molecule has 5 nitrogen and oxygen atoms in total. The van der Waals surface area contributed by atoms with E-state index in [9.17, 15) is 0 Å². The summed E-state index contributed by atoms with van der Waals surface area (Å²) in [5.41, 5.74) is 12.0. The van der Waals surface area contributed by atoms with Gasteiger partial charge in [0.05, 0.1) is 0 Å². The van der Waals surface area contributed by atoms with Gasteiger partial charge in [-0.25, -0.2) is 0 Å². The smallest absolute Gasteiger partial charge is 0 e. The molecule has 4 heterocycles.